The molecule has 4 rings (SSSR count). The first kappa shape index (κ1) is 15.4. The van der Waals surface area contributed by atoms with Crippen molar-refractivity contribution in [1.29, 1.82) is 0 Å². The molecule has 25 heavy (non-hydrogen) atoms. The van der Waals surface area contributed by atoms with Gasteiger partial charge in [0.2, 0.25) is 0 Å². The summed E-state index contributed by atoms with van der Waals surface area (Å²) in [4.78, 5) is 12.2. The van der Waals surface area contributed by atoms with Gasteiger partial charge in [0.15, 0.2) is 0 Å². The van der Waals surface area contributed by atoms with Crippen LogP contribution < -0.4 is 10.4 Å². The Morgan fingerprint density at radius 1 is 0.920 bits per heavy atom. The third-order valence-electron chi connectivity index (χ3n) is 4.33. The molecule has 0 aliphatic heterocycles. The molecule has 124 valence electrons. The van der Waals surface area contributed by atoms with Gasteiger partial charge in [0.25, 0.3) is 0 Å². The molecule has 3 aromatic carbocycles. The Kier molecular flexibility index (Phi) is 3.73. The van der Waals surface area contributed by atoms with Crippen LogP contribution in [0.2, 0.25) is 0 Å². The zero-order chi connectivity index (χ0) is 17.4. The van der Waals surface area contributed by atoms with Gasteiger partial charge in [-0.25, -0.2) is 9.18 Å². The molecule has 0 amide bonds. The molecular weight excluding hydrogens is 319 g/mol. The highest BCUT2D eigenvalue weighted by atomic mass is 19.1. The van der Waals surface area contributed by atoms with Crippen molar-refractivity contribution in [2.75, 3.05) is 0 Å². The molecule has 1 heterocycles. The highest BCUT2D eigenvalue weighted by Gasteiger charge is 2.13. The van der Waals surface area contributed by atoms with Gasteiger partial charge in [0, 0.05) is 16.5 Å². The summed E-state index contributed by atoms with van der Waals surface area (Å²) < 4.78 is 25.0. The van der Waals surface area contributed by atoms with Crippen LogP contribution >= 0.6 is 0 Å². The van der Waals surface area contributed by atoms with Crippen molar-refractivity contribution in [3.05, 3.63) is 88.0 Å². The van der Waals surface area contributed by atoms with Crippen molar-refractivity contribution in [3.63, 3.8) is 0 Å². The van der Waals surface area contributed by atoms with Gasteiger partial charge in [-0.2, -0.15) is 0 Å². The lowest BCUT2D eigenvalue weighted by Crippen LogP contribution is -2.03. The molecule has 0 saturated heterocycles. The number of aryl methyl sites for hydroxylation is 1. The summed E-state index contributed by atoms with van der Waals surface area (Å²) >= 11 is 0. The summed E-state index contributed by atoms with van der Waals surface area (Å²) in [6.45, 7) is 1.94. The van der Waals surface area contributed by atoms with Crippen molar-refractivity contribution >= 4 is 21.7 Å². The summed E-state index contributed by atoms with van der Waals surface area (Å²) in [6, 6.07) is 17.5. The third-order valence-corrected chi connectivity index (χ3v) is 4.33. The maximum atomic E-state index is 13.7. The van der Waals surface area contributed by atoms with E-state index >= 15 is 0 Å². The van der Waals surface area contributed by atoms with Crippen molar-refractivity contribution in [1.82, 2.24) is 0 Å². The van der Waals surface area contributed by atoms with Gasteiger partial charge >= 0.3 is 5.63 Å². The Morgan fingerprint density at radius 2 is 1.64 bits per heavy atom. The highest BCUT2D eigenvalue weighted by molar-refractivity contribution is 6.05. The quantitative estimate of drug-likeness (QED) is 0.392. The molecule has 3 nitrogen and oxygen atoms in total. The fraction of sp³-hybridized carbons (Fsp3) is 0.0952. The molecule has 4 heteroatoms. The van der Waals surface area contributed by atoms with Crippen molar-refractivity contribution in [3.8, 4) is 5.75 Å². The molecule has 1 aromatic heterocycles. The molecule has 0 saturated carbocycles. The molecule has 0 aliphatic carbocycles. The standard InChI is InChI=1S/C21H15FO3/c1-13-19(24-12-14-6-2-5-9-18(14)22)11-10-16-15-7-3-4-8-17(15)21(23)25-20(13)16/h2-11H,12H2,1H3. The summed E-state index contributed by atoms with van der Waals surface area (Å²) in [5.74, 6) is 0.257. The first-order valence-corrected chi connectivity index (χ1v) is 7.96. The van der Waals surface area contributed by atoms with Crippen molar-refractivity contribution < 1.29 is 13.5 Å². The van der Waals surface area contributed by atoms with Gasteiger partial charge in [0.1, 0.15) is 23.8 Å². The fourth-order valence-corrected chi connectivity index (χ4v) is 2.99. The third kappa shape index (κ3) is 2.66. The van der Waals surface area contributed by atoms with E-state index in [2.05, 4.69) is 0 Å². The average molecular weight is 334 g/mol. The topological polar surface area (TPSA) is 39.4 Å². The van der Waals surface area contributed by atoms with Crippen LogP contribution in [0.3, 0.4) is 0 Å². The molecule has 0 fully saturated rings. The smallest absolute Gasteiger partial charge is 0.344 e. The molecule has 0 atom stereocenters. The van der Waals surface area contributed by atoms with Crippen molar-refractivity contribution in [2.24, 2.45) is 0 Å². The minimum absolute atomic E-state index is 0.108. The van der Waals surface area contributed by atoms with Crippen molar-refractivity contribution in [2.45, 2.75) is 13.5 Å². The lowest BCUT2D eigenvalue weighted by Gasteiger charge is -2.12. The Bertz CT molecular complexity index is 1140. The largest absolute Gasteiger partial charge is 0.488 e. The zero-order valence-corrected chi connectivity index (χ0v) is 13.6. The molecule has 0 spiro atoms. The summed E-state index contributed by atoms with van der Waals surface area (Å²) in [6.07, 6.45) is 0. The van der Waals surface area contributed by atoms with Gasteiger partial charge in [-0.3, -0.25) is 0 Å². The van der Waals surface area contributed by atoms with Crippen LogP contribution in [0, 0.1) is 12.7 Å². The Hall–Kier alpha value is -3.14. The van der Waals surface area contributed by atoms with E-state index in [0.29, 0.717) is 22.3 Å². The SMILES string of the molecule is Cc1c(OCc2ccccc2F)ccc2c1oc(=O)c1ccccc12. The number of benzene rings is 3. The maximum absolute atomic E-state index is 13.7. The first-order chi connectivity index (χ1) is 12.1. The molecule has 0 aliphatic rings. The molecule has 0 unspecified atom stereocenters. The number of hydrogen-bond acceptors (Lipinski definition) is 3. The van der Waals surface area contributed by atoms with Crippen LogP contribution in [-0.4, -0.2) is 0 Å². The predicted octanol–water partition coefficient (Wildman–Crippen LogP) is 4.97. The zero-order valence-electron chi connectivity index (χ0n) is 13.6. The van der Waals surface area contributed by atoms with E-state index in [1.165, 1.54) is 6.07 Å². The van der Waals surface area contributed by atoms with Gasteiger partial charge in [-0.15, -0.1) is 0 Å². The predicted molar refractivity (Wildman–Crippen MR) is 95.5 cm³/mol. The van der Waals surface area contributed by atoms with E-state index in [4.69, 9.17) is 9.15 Å². The van der Waals surface area contributed by atoms with E-state index in [9.17, 15) is 9.18 Å². The maximum Gasteiger partial charge on any atom is 0.344 e. The summed E-state index contributed by atoms with van der Waals surface area (Å²) in [5, 5.41) is 2.25. The molecule has 0 radical (unpaired) electrons. The Balaban J connectivity index is 1.79. The number of ether oxygens (including phenoxy) is 1. The lowest BCUT2D eigenvalue weighted by atomic mass is 10.0. The summed E-state index contributed by atoms with van der Waals surface area (Å²) in [7, 11) is 0. The van der Waals surface area contributed by atoms with Crippen LogP contribution in [0.25, 0.3) is 21.7 Å². The van der Waals surface area contributed by atoms with Gasteiger partial charge in [0.05, 0.1) is 5.39 Å². The van der Waals surface area contributed by atoms with Crippen LogP contribution in [-0.2, 0) is 6.61 Å². The number of hydrogen-bond donors (Lipinski definition) is 0. The minimum atomic E-state index is -0.377. The van der Waals surface area contributed by atoms with E-state index < -0.39 is 0 Å². The molecule has 4 aromatic rings. The van der Waals surface area contributed by atoms with Crippen LogP contribution in [0.15, 0.2) is 69.9 Å². The minimum Gasteiger partial charge on any atom is -0.488 e. The van der Waals surface area contributed by atoms with Crippen LogP contribution in [0.5, 0.6) is 5.75 Å². The normalized spacial score (nSPS) is 11.1. The first-order valence-electron chi connectivity index (χ1n) is 7.96. The van der Waals surface area contributed by atoms with Crippen LogP contribution in [0.1, 0.15) is 11.1 Å². The monoisotopic (exact) mass is 334 g/mol. The molecule has 0 N–H and O–H groups in total. The second-order valence-electron chi connectivity index (χ2n) is 5.88. The van der Waals surface area contributed by atoms with Crippen LogP contribution in [0.4, 0.5) is 4.39 Å². The van der Waals surface area contributed by atoms with E-state index in [1.54, 1.807) is 24.3 Å². The Labute approximate surface area is 143 Å². The van der Waals surface area contributed by atoms with E-state index in [1.807, 2.05) is 37.3 Å². The van der Waals surface area contributed by atoms with E-state index in [-0.39, 0.29) is 18.0 Å². The molecule has 0 bridgehead atoms. The lowest BCUT2D eigenvalue weighted by molar-refractivity contribution is 0.297. The van der Waals surface area contributed by atoms with Gasteiger partial charge in [-0.05, 0) is 36.6 Å². The molecular formula is C21H15FO3. The second kappa shape index (κ2) is 6.06. The van der Waals surface area contributed by atoms with Gasteiger partial charge in [-0.1, -0.05) is 36.4 Å². The number of halogens is 1. The average Bonchev–Trinajstić information content (AvgIpc) is 2.63. The second-order valence-corrected chi connectivity index (χ2v) is 5.88. The van der Waals surface area contributed by atoms with E-state index in [0.717, 1.165) is 16.3 Å². The number of rotatable bonds is 3. The summed E-state index contributed by atoms with van der Waals surface area (Å²) in [5.41, 5.74) is 1.31. The fourth-order valence-electron chi connectivity index (χ4n) is 2.99. The Morgan fingerprint density at radius 3 is 2.44 bits per heavy atom. The highest BCUT2D eigenvalue weighted by Crippen LogP contribution is 2.31. The van der Waals surface area contributed by atoms with Gasteiger partial charge < -0.3 is 9.15 Å². The number of fused-ring (bicyclic) bond motifs is 3.